The number of guanidine groups is 1. The van der Waals surface area contributed by atoms with Gasteiger partial charge in [-0.15, -0.1) is 24.0 Å². The van der Waals surface area contributed by atoms with Gasteiger partial charge in [0, 0.05) is 27.2 Å². The van der Waals surface area contributed by atoms with Crippen molar-refractivity contribution in [2.75, 3.05) is 42.0 Å². The fourth-order valence-corrected chi connectivity index (χ4v) is 3.01. The molecule has 2 aromatic carbocycles. The van der Waals surface area contributed by atoms with Gasteiger partial charge in [-0.05, 0) is 42.3 Å². The lowest BCUT2D eigenvalue weighted by atomic mass is 10.1. The van der Waals surface area contributed by atoms with E-state index in [1.807, 2.05) is 38.2 Å². The number of nitrogens with one attached hydrogen (secondary N) is 1. The first kappa shape index (κ1) is 25.7. The van der Waals surface area contributed by atoms with Crippen molar-refractivity contribution < 1.29 is 18.9 Å². The Morgan fingerprint density at radius 1 is 0.967 bits per heavy atom. The maximum Gasteiger partial charge on any atom is 0.203 e. The number of benzene rings is 2. The molecule has 0 amide bonds. The van der Waals surface area contributed by atoms with Crippen LogP contribution in [0.5, 0.6) is 23.0 Å². The summed E-state index contributed by atoms with van der Waals surface area (Å²) >= 11 is 0. The molecule has 0 aromatic heterocycles. The van der Waals surface area contributed by atoms with Gasteiger partial charge >= 0.3 is 0 Å². The van der Waals surface area contributed by atoms with Crippen LogP contribution in [0.25, 0.3) is 0 Å². The predicted octanol–water partition coefficient (Wildman–Crippen LogP) is 3.94. The lowest BCUT2D eigenvalue weighted by Gasteiger charge is -2.23. The molecule has 2 rings (SSSR count). The van der Waals surface area contributed by atoms with Crippen LogP contribution in [0.3, 0.4) is 0 Å². The predicted molar refractivity (Wildman–Crippen MR) is 131 cm³/mol. The van der Waals surface area contributed by atoms with Gasteiger partial charge in [0.15, 0.2) is 17.5 Å². The van der Waals surface area contributed by atoms with Crippen molar-refractivity contribution in [3.05, 3.63) is 47.5 Å². The van der Waals surface area contributed by atoms with Crippen molar-refractivity contribution >= 4 is 29.9 Å². The maximum absolute atomic E-state index is 5.50. The van der Waals surface area contributed by atoms with Crippen LogP contribution in [-0.4, -0.2) is 52.9 Å². The Labute approximate surface area is 196 Å². The molecule has 0 aliphatic heterocycles. The third-order valence-electron chi connectivity index (χ3n) is 4.40. The minimum absolute atomic E-state index is 0. The molecule has 0 bridgehead atoms. The van der Waals surface area contributed by atoms with Gasteiger partial charge in [0.05, 0.1) is 27.9 Å². The second kappa shape index (κ2) is 13.0. The van der Waals surface area contributed by atoms with Crippen LogP contribution in [0.4, 0.5) is 0 Å². The Hall–Kier alpha value is -2.36. The summed E-state index contributed by atoms with van der Waals surface area (Å²) in [4.78, 5) is 6.45. The number of hydrogen-bond donors (Lipinski definition) is 1. The topological polar surface area (TPSA) is 64.6 Å². The quantitative estimate of drug-likeness (QED) is 0.302. The molecule has 1 N–H and O–H groups in total. The highest BCUT2D eigenvalue weighted by molar-refractivity contribution is 14.0. The van der Waals surface area contributed by atoms with E-state index in [1.54, 1.807) is 28.4 Å². The minimum atomic E-state index is 0. The largest absolute Gasteiger partial charge is 0.494 e. The number of rotatable bonds is 9. The minimum Gasteiger partial charge on any atom is -0.494 e. The molecule has 0 aliphatic rings. The highest BCUT2D eigenvalue weighted by atomic mass is 127. The molecule has 0 heterocycles. The highest BCUT2D eigenvalue weighted by Crippen LogP contribution is 2.38. The van der Waals surface area contributed by atoms with Crippen molar-refractivity contribution in [2.45, 2.75) is 20.0 Å². The molecule has 0 atom stereocenters. The van der Waals surface area contributed by atoms with Crippen molar-refractivity contribution in [1.29, 1.82) is 0 Å². The fourth-order valence-electron chi connectivity index (χ4n) is 3.01. The molecule has 2 aromatic rings. The van der Waals surface area contributed by atoms with Crippen LogP contribution in [0.2, 0.25) is 0 Å². The van der Waals surface area contributed by atoms with Crippen LogP contribution < -0.4 is 24.3 Å². The molecule has 0 unspecified atom stereocenters. The average molecular weight is 529 g/mol. The second-order valence-electron chi connectivity index (χ2n) is 6.37. The van der Waals surface area contributed by atoms with Crippen molar-refractivity contribution in [3.8, 4) is 23.0 Å². The second-order valence-corrected chi connectivity index (χ2v) is 6.37. The molecule has 0 radical (unpaired) electrons. The molecular formula is C22H32IN3O4. The number of hydrogen-bond acceptors (Lipinski definition) is 5. The molecule has 0 saturated carbocycles. The monoisotopic (exact) mass is 529 g/mol. The van der Waals surface area contributed by atoms with Crippen LogP contribution in [0, 0.1) is 0 Å². The van der Waals surface area contributed by atoms with Crippen LogP contribution in [0.15, 0.2) is 41.4 Å². The SMILES string of the molecule is CCOc1ccc(CN(C)C(=NC)NCc2cc(OC)c(OC)c(OC)c2)cc1.I. The van der Waals surface area contributed by atoms with Gasteiger partial charge in [-0.1, -0.05) is 12.1 Å². The van der Waals surface area contributed by atoms with E-state index in [9.17, 15) is 0 Å². The first-order chi connectivity index (χ1) is 14.1. The molecule has 0 fully saturated rings. The number of aliphatic imine (C=N–C) groups is 1. The fraction of sp³-hybridized carbons (Fsp3) is 0.409. The van der Waals surface area contributed by atoms with Crippen molar-refractivity contribution in [1.82, 2.24) is 10.2 Å². The third-order valence-corrected chi connectivity index (χ3v) is 4.40. The van der Waals surface area contributed by atoms with E-state index in [1.165, 1.54) is 5.56 Å². The summed E-state index contributed by atoms with van der Waals surface area (Å²) in [6.45, 7) is 3.93. The van der Waals surface area contributed by atoms with E-state index in [-0.39, 0.29) is 24.0 Å². The summed E-state index contributed by atoms with van der Waals surface area (Å²) in [5, 5.41) is 3.38. The molecular weight excluding hydrogens is 497 g/mol. The lowest BCUT2D eigenvalue weighted by molar-refractivity contribution is 0.323. The van der Waals surface area contributed by atoms with Crippen LogP contribution in [-0.2, 0) is 13.1 Å². The molecule has 0 aliphatic carbocycles. The summed E-state index contributed by atoms with van der Waals surface area (Å²) in [7, 11) is 8.58. The summed E-state index contributed by atoms with van der Waals surface area (Å²) in [5.74, 6) is 3.50. The molecule has 8 heteroatoms. The number of nitrogens with zero attached hydrogens (tertiary/aromatic N) is 2. The standard InChI is InChI=1S/C22H31N3O4.HI/c1-7-29-18-10-8-16(9-11-18)15-25(3)22(23-2)24-14-17-12-19(26-4)21(28-6)20(13-17)27-5;/h8-13H,7,14-15H2,1-6H3,(H,23,24);1H. The lowest BCUT2D eigenvalue weighted by Crippen LogP contribution is -2.38. The Morgan fingerprint density at radius 2 is 1.57 bits per heavy atom. The first-order valence-electron chi connectivity index (χ1n) is 9.48. The molecule has 30 heavy (non-hydrogen) atoms. The van der Waals surface area contributed by atoms with Gasteiger partial charge in [-0.3, -0.25) is 4.99 Å². The Balaban J connectivity index is 0.00000450. The summed E-state index contributed by atoms with van der Waals surface area (Å²) in [6.07, 6.45) is 0. The average Bonchev–Trinajstić information content (AvgIpc) is 2.74. The number of halogens is 1. The normalized spacial score (nSPS) is 10.7. The van der Waals surface area contributed by atoms with Gasteiger partial charge in [-0.2, -0.15) is 0 Å². The highest BCUT2D eigenvalue weighted by Gasteiger charge is 2.14. The van der Waals surface area contributed by atoms with E-state index in [4.69, 9.17) is 18.9 Å². The van der Waals surface area contributed by atoms with E-state index < -0.39 is 0 Å². The Kier molecular flexibility index (Phi) is 11.2. The number of methoxy groups -OCH3 is 3. The molecule has 166 valence electrons. The van der Waals surface area contributed by atoms with Crippen LogP contribution in [0.1, 0.15) is 18.1 Å². The molecule has 0 saturated heterocycles. The van der Waals surface area contributed by atoms with Crippen molar-refractivity contribution in [3.63, 3.8) is 0 Å². The van der Waals surface area contributed by atoms with E-state index >= 15 is 0 Å². The summed E-state index contributed by atoms with van der Waals surface area (Å²) in [6, 6.07) is 11.9. The molecule has 0 spiro atoms. The Bertz CT molecular complexity index is 788. The van der Waals surface area contributed by atoms with Gasteiger partial charge in [0.1, 0.15) is 5.75 Å². The van der Waals surface area contributed by atoms with Gasteiger partial charge in [-0.25, -0.2) is 0 Å². The van der Waals surface area contributed by atoms with Crippen molar-refractivity contribution in [2.24, 2.45) is 4.99 Å². The molecule has 7 nitrogen and oxygen atoms in total. The van der Waals surface area contributed by atoms with Gasteiger partial charge in [0.2, 0.25) is 5.75 Å². The summed E-state index contributed by atoms with van der Waals surface area (Å²) in [5.41, 5.74) is 2.17. The maximum atomic E-state index is 5.50. The third kappa shape index (κ3) is 6.86. The zero-order valence-corrected chi connectivity index (χ0v) is 20.9. The van der Waals surface area contributed by atoms with E-state index in [0.29, 0.717) is 30.4 Å². The smallest absolute Gasteiger partial charge is 0.203 e. The summed E-state index contributed by atoms with van der Waals surface area (Å²) < 4.78 is 21.7. The van der Waals surface area contributed by atoms with E-state index in [0.717, 1.165) is 23.8 Å². The van der Waals surface area contributed by atoms with Crippen LogP contribution >= 0.6 is 24.0 Å². The zero-order chi connectivity index (χ0) is 21.2. The Morgan fingerprint density at radius 3 is 2.03 bits per heavy atom. The van der Waals surface area contributed by atoms with Gasteiger partial charge in [0.25, 0.3) is 0 Å². The first-order valence-corrected chi connectivity index (χ1v) is 9.48. The van der Waals surface area contributed by atoms with E-state index in [2.05, 4.69) is 27.3 Å². The number of ether oxygens (including phenoxy) is 4. The van der Waals surface area contributed by atoms with Gasteiger partial charge < -0.3 is 29.2 Å². The zero-order valence-electron chi connectivity index (χ0n) is 18.5.